The Hall–Kier alpha value is -2.04. The van der Waals surface area contributed by atoms with Crippen LogP contribution in [0.1, 0.15) is 12.1 Å². The first-order valence-electron chi connectivity index (χ1n) is 4.16. The van der Waals surface area contributed by atoms with Crippen LogP contribution in [0.25, 0.3) is 0 Å². The van der Waals surface area contributed by atoms with Gasteiger partial charge in [0, 0.05) is 12.4 Å². The SMILES string of the molecule is NNc1nnc(CCC(=O)[O-])c(=O)[nH]1.N[NH3+]. The average Bonchev–Trinajstić information content (AvgIpc) is 2.29. The normalized spacial score (nSPS) is 8.94. The van der Waals surface area contributed by atoms with Crippen LogP contribution in [-0.2, 0) is 11.2 Å². The van der Waals surface area contributed by atoms with Crippen LogP contribution in [-0.4, -0.2) is 21.2 Å². The van der Waals surface area contributed by atoms with Gasteiger partial charge in [-0.1, -0.05) is 0 Å². The van der Waals surface area contributed by atoms with Gasteiger partial charge in [0.1, 0.15) is 5.69 Å². The van der Waals surface area contributed by atoms with Crippen LogP contribution < -0.4 is 33.6 Å². The number of anilines is 1. The summed E-state index contributed by atoms with van der Waals surface area (Å²) in [5.41, 5.74) is 1.62. The number of carbonyl (C=O) groups excluding carboxylic acids is 1. The number of nitrogen functional groups attached to an aromatic ring is 1. The summed E-state index contributed by atoms with van der Waals surface area (Å²) in [6, 6.07) is 0. The molecule has 10 nitrogen and oxygen atoms in total. The van der Waals surface area contributed by atoms with E-state index in [1.165, 1.54) is 0 Å². The molecule has 0 bridgehead atoms. The van der Waals surface area contributed by atoms with Crippen molar-refractivity contribution in [3.05, 3.63) is 16.0 Å². The summed E-state index contributed by atoms with van der Waals surface area (Å²) in [7, 11) is 0. The fourth-order valence-corrected chi connectivity index (χ4v) is 0.809. The molecule has 0 spiro atoms. The van der Waals surface area contributed by atoms with E-state index in [2.05, 4.69) is 32.3 Å². The van der Waals surface area contributed by atoms with Crippen LogP contribution in [0, 0.1) is 0 Å². The molecule has 0 saturated carbocycles. The Balaban J connectivity index is 0.00000106. The number of nitrogens with one attached hydrogen (secondary N) is 2. The van der Waals surface area contributed by atoms with Gasteiger partial charge in [0.25, 0.3) is 5.56 Å². The molecule has 0 saturated heterocycles. The summed E-state index contributed by atoms with van der Waals surface area (Å²) < 4.78 is 0. The second kappa shape index (κ2) is 7.28. The number of hydrogen-bond acceptors (Lipinski definition) is 8. The Kier molecular flexibility index (Phi) is 6.35. The first kappa shape index (κ1) is 14.0. The van der Waals surface area contributed by atoms with Crippen LogP contribution in [0.5, 0.6) is 0 Å². The van der Waals surface area contributed by atoms with Gasteiger partial charge >= 0.3 is 0 Å². The third-order valence-electron chi connectivity index (χ3n) is 1.47. The summed E-state index contributed by atoms with van der Waals surface area (Å²) in [5, 5.41) is 17.1. The Morgan fingerprint density at radius 2 is 2.12 bits per heavy atom. The lowest BCUT2D eigenvalue weighted by atomic mass is 10.2. The number of quaternary nitrogens is 1. The molecule has 1 aromatic rings. The number of aryl methyl sites for hydroxylation is 1. The molecule has 0 aromatic carbocycles. The number of carboxylic acids is 1. The fourth-order valence-electron chi connectivity index (χ4n) is 0.809. The standard InChI is InChI=1S/C6H9N5O3.H4N2/c7-9-6-8-5(14)3(10-11-6)1-2-4(12)13;1-2/h1-2,7H2,(H,12,13)(H2,8,9,11,14);1-2H2. The van der Waals surface area contributed by atoms with Crippen molar-refractivity contribution in [2.45, 2.75) is 12.8 Å². The van der Waals surface area contributed by atoms with E-state index >= 15 is 0 Å². The Bertz CT molecular complexity index is 390. The van der Waals surface area contributed by atoms with Crippen LogP contribution in [0.3, 0.4) is 0 Å². The molecule has 0 radical (unpaired) electrons. The minimum absolute atomic E-state index is 0.0183. The van der Waals surface area contributed by atoms with Crippen molar-refractivity contribution in [3.8, 4) is 0 Å². The summed E-state index contributed by atoms with van der Waals surface area (Å²) >= 11 is 0. The fraction of sp³-hybridized carbons (Fsp3) is 0.333. The number of carbonyl (C=O) groups is 1. The second-order valence-corrected chi connectivity index (χ2v) is 2.47. The number of H-pyrrole nitrogens is 1. The van der Waals surface area contributed by atoms with Crippen LogP contribution in [0.2, 0.25) is 0 Å². The summed E-state index contributed by atoms with van der Waals surface area (Å²) in [5.74, 6) is 10.7. The van der Waals surface area contributed by atoms with Gasteiger partial charge in [-0.25, -0.2) is 5.84 Å². The largest absolute Gasteiger partial charge is 0.550 e. The number of aromatic nitrogens is 3. The lowest BCUT2D eigenvalue weighted by molar-refractivity contribution is -0.379. The van der Waals surface area contributed by atoms with E-state index in [1.54, 1.807) is 0 Å². The van der Waals surface area contributed by atoms with E-state index in [0.717, 1.165) is 0 Å². The lowest BCUT2D eigenvalue weighted by Gasteiger charge is -2.01. The summed E-state index contributed by atoms with van der Waals surface area (Å²) in [6.45, 7) is 0. The van der Waals surface area contributed by atoms with Crippen molar-refractivity contribution < 1.29 is 15.7 Å². The highest BCUT2D eigenvalue weighted by Crippen LogP contribution is 1.92. The van der Waals surface area contributed by atoms with Crippen LogP contribution >= 0.6 is 0 Å². The molecule has 9 N–H and O–H groups in total. The molecule has 0 amide bonds. The smallest absolute Gasteiger partial charge is 0.274 e. The number of nitrogens with two attached hydrogens (primary N) is 2. The molecule has 10 heteroatoms. The van der Waals surface area contributed by atoms with E-state index in [1.807, 2.05) is 0 Å². The van der Waals surface area contributed by atoms with Gasteiger partial charge in [-0.05, 0) is 6.42 Å². The number of carboxylic acid groups (broad SMARTS) is 1. The van der Waals surface area contributed by atoms with E-state index in [4.69, 9.17) is 5.84 Å². The molecular formula is C6H13N7O3. The molecule has 0 unspecified atom stereocenters. The predicted molar refractivity (Wildman–Crippen MR) is 50.9 cm³/mol. The van der Waals surface area contributed by atoms with Crippen molar-refractivity contribution in [1.29, 1.82) is 0 Å². The Morgan fingerprint density at radius 3 is 2.56 bits per heavy atom. The molecule has 90 valence electrons. The quantitative estimate of drug-likeness (QED) is 0.252. The highest BCUT2D eigenvalue weighted by molar-refractivity contribution is 5.64. The van der Waals surface area contributed by atoms with E-state index < -0.39 is 11.5 Å². The number of nitrogens with zero attached hydrogens (tertiary/aromatic N) is 2. The summed E-state index contributed by atoms with van der Waals surface area (Å²) in [4.78, 5) is 23.5. The van der Waals surface area contributed by atoms with Gasteiger partial charge in [-0.3, -0.25) is 21.0 Å². The zero-order chi connectivity index (χ0) is 12.6. The third-order valence-corrected chi connectivity index (χ3v) is 1.47. The highest BCUT2D eigenvalue weighted by atomic mass is 16.4. The number of rotatable bonds is 4. The van der Waals surface area contributed by atoms with Crippen molar-refractivity contribution in [2.75, 3.05) is 5.43 Å². The van der Waals surface area contributed by atoms with Crippen molar-refractivity contribution in [2.24, 2.45) is 11.7 Å². The monoisotopic (exact) mass is 231 g/mol. The summed E-state index contributed by atoms with van der Waals surface area (Å²) in [6.07, 6.45) is -0.289. The van der Waals surface area contributed by atoms with Crippen molar-refractivity contribution in [3.63, 3.8) is 0 Å². The van der Waals surface area contributed by atoms with Gasteiger partial charge < -0.3 is 9.90 Å². The van der Waals surface area contributed by atoms with E-state index in [-0.39, 0.29) is 24.5 Å². The highest BCUT2D eigenvalue weighted by Gasteiger charge is 2.03. The first-order chi connectivity index (χ1) is 7.63. The minimum atomic E-state index is -1.24. The molecule has 0 aliphatic rings. The third kappa shape index (κ3) is 4.45. The molecular weight excluding hydrogens is 218 g/mol. The maximum absolute atomic E-state index is 11.1. The van der Waals surface area contributed by atoms with E-state index in [9.17, 15) is 14.7 Å². The number of aromatic amines is 1. The Morgan fingerprint density at radius 1 is 1.50 bits per heavy atom. The molecule has 0 aliphatic carbocycles. The van der Waals surface area contributed by atoms with Crippen molar-refractivity contribution >= 4 is 11.9 Å². The average molecular weight is 231 g/mol. The zero-order valence-corrected chi connectivity index (χ0v) is 8.40. The maximum atomic E-state index is 11.1. The van der Waals surface area contributed by atoms with Crippen LogP contribution in [0.4, 0.5) is 5.95 Å². The van der Waals surface area contributed by atoms with Gasteiger partial charge in [0.15, 0.2) is 0 Å². The topological polar surface area (TPSA) is 190 Å². The van der Waals surface area contributed by atoms with Gasteiger partial charge in [-0.2, -0.15) is 5.84 Å². The van der Waals surface area contributed by atoms with E-state index in [0.29, 0.717) is 0 Å². The minimum Gasteiger partial charge on any atom is -0.550 e. The van der Waals surface area contributed by atoms with Gasteiger partial charge in [-0.15, -0.1) is 10.2 Å². The molecule has 0 fully saturated rings. The second-order valence-electron chi connectivity index (χ2n) is 2.47. The zero-order valence-electron chi connectivity index (χ0n) is 8.40. The maximum Gasteiger partial charge on any atom is 0.274 e. The van der Waals surface area contributed by atoms with Crippen molar-refractivity contribution in [1.82, 2.24) is 15.2 Å². The van der Waals surface area contributed by atoms with Crippen LogP contribution in [0.15, 0.2) is 4.79 Å². The lowest BCUT2D eigenvalue weighted by Crippen LogP contribution is -2.59. The molecule has 0 aliphatic heterocycles. The van der Waals surface area contributed by atoms with Gasteiger partial charge in [0.05, 0.1) is 0 Å². The number of aliphatic carboxylic acids is 1. The Labute approximate surface area is 89.8 Å². The first-order valence-corrected chi connectivity index (χ1v) is 4.16. The molecule has 1 aromatic heterocycles. The molecule has 1 rings (SSSR count). The molecule has 1 heterocycles. The molecule has 16 heavy (non-hydrogen) atoms. The number of hydrazine groups is 1. The molecule has 0 atom stereocenters. The number of hydrogen-bond donors (Lipinski definition) is 5. The predicted octanol–water partition coefficient (Wildman–Crippen LogP) is -4.77. The van der Waals surface area contributed by atoms with Gasteiger partial charge in [0.2, 0.25) is 5.95 Å².